The second kappa shape index (κ2) is 4.76. The van der Waals surface area contributed by atoms with Gasteiger partial charge in [0.2, 0.25) is 0 Å². The Balaban J connectivity index is 2.46. The van der Waals surface area contributed by atoms with Gasteiger partial charge in [0.05, 0.1) is 0 Å². The number of methoxy groups -OCH3 is 1. The van der Waals surface area contributed by atoms with E-state index >= 15 is 0 Å². The number of thiophene rings is 1. The van der Waals surface area contributed by atoms with Crippen molar-refractivity contribution < 1.29 is 9.53 Å². The second-order valence-electron chi connectivity index (χ2n) is 3.64. The van der Waals surface area contributed by atoms with Crippen molar-refractivity contribution in [3.8, 4) is 0 Å². The molecule has 2 nitrogen and oxygen atoms in total. The summed E-state index contributed by atoms with van der Waals surface area (Å²) in [6.45, 7) is 1.96. The van der Waals surface area contributed by atoms with E-state index < -0.39 is 0 Å². The third kappa shape index (κ3) is 1.88. The Labute approximate surface area is 98.9 Å². The first kappa shape index (κ1) is 11.3. The molecule has 0 aliphatic heterocycles. The molecule has 1 heterocycles. The summed E-state index contributed by atoms with van der Waals surface area (Å²) in [6, 6.07) is 7.86. The zero-order chi connectivity index (χ0) is 11.5. The van der Waals surface area contributed by atoms with Gasteiger partial charge in [-0.05, 0) is 29.3 Å². The Bertz CT molecular complexity index is 497. The van der Waals surface area contributed by atoms with E-state index in [1.54, 1.807) is 18.4 Å². The van der Waals surface area contributed by atoms with Crippen molar-refractivity contribution in [1.29, 1.82) is 0 Å². The number of carbonyl (C=O) groups excluding carboxylic acids is 1. The molecule has 3 heteroatoms. The Morgan fingerprint density at radius 1 is 1.44 bits per heavy atom. The van der Waals surface area contributed by atoms with Gasteiger partial charge in [0.15, 0.2) is 5.78 Å². The third-order valence-electron chi connectivity index (χ3n) is 2.69. The van der Waals surface area contributed by atoms with Crippen LogP contribution in [0.3, 0.4) is 0 Å². The molecule has 0 amide bonds. The SMILES string of the molecule is CCC(OC)C(=O)c1cccc2ccsc12. The smallest absolute Gasteiger partial charge is 0.192 e. The van der Waals surface area contributed by atoms with Gasteiger partial charge in [0.1, 0.15) is 6.10 Å². The molecule has 2 rings (SSSR count). The highest BCUT2D eigenvalue weighted by Crippen LogP contribution is 2.26. The minimum absolute atomic E-state index is 0.0815. The summed E-state index contributed by atoms with van der Waals surface area (Å²) < 4.78 is 6.25. The molecule has 0 bridgehead atoms. The zero-order valence-corrected chi connectivity index (χ0v) is 10.2. The molecule has 0 N–H and O–H groups in total. The highest BCUT2D eigenvalue weighted by atomic mass is 32.1. The average molecular weight is 234 g/mol. The van der Waals surface area contributed by atoms with Gasteiger partial charge >= 0.3 is 0 Å². The van der Waals surface area contributed by atoms with Crippen molar-refractivity contribution in [2.75, 3.05) is 7.11 Å². The summed E-state index contributed by atoms with van der Waals surface area (Å²) in [5.41, 5.74) is 0.779. The summed E-state index contributed by atoms with van der Waals surface area (Å²) in [5.74, 6) is 0.0815. The highest BCUT2D eigenvalue weighted by Gasteiger charge is 2.19. The van der Waals surface area contributed by atoms with E-state index in [2.05, 4.69) is 0 Å². The maximum atomic E-state index is 12.2. The molecule has 0 spiro atoms. The average Bonchev–Trinajstić information content (AvgIpc) is 2.78. The molecule has 0 saturated heterocycles. The molecule has 1 atom stereocenters. The van der Waals surface area contributed by atoms with Crippen LogP contribution in [0.2, 0.25) is 0 Å². The standard InChI is InChI=1S/C13H14O2S/c1-3-11(15-2)12(14)10-6-4-5-9-7-8-16-13(9)10/h4-8,11H,3H2,1-2H3. The van der Waals surface area contributed by atoms with Crippen LogP contribution in [0.15, 0.2) is 29.6 Å². The van der Waals surface area contributed by atoms with E-state index in [4.69, 9.17) is 4.74 Å². The number of Topliss-reactive ketones (excluding diaryl/α,β-unsaturated/α-hetero) is 1. The van der Waals surface area contributed by atoms with Gasteiger partial charge in [-0.3, -0.25) is 4.79 Å². The van der Waals surface area contributed by atoms with Crippen molar-refractivity contribution in [3.63, 3.8) is 0 Å². The van der Waals surface area contributed by atoms with Crippen LogP contribution in [0.1, 0.15) is 23.7 Å². The maximum Gasteiger partial charge on any atom is 0.192 e. The van der Waals surface area contributed by atoms with E-state index in [0.717, 1.165) is 15.6 Å². The molecule has 0 saturated carbocycles. The van der Waals surface area contributed by atoms with Gasteiger partial charge in [-0.2, -0.15) is 0 Å². The van der Waals surface area contributed by atoms with Gasteiger partial charge in [0.25, 0.3) is 0 Å². The van der Waals surface area contributed by atoms with Gasteiger partial charge in [-0.1, -0.05) is 19.1 Å². The fraction of sp³-hybridized carbons (Fsp3) is 0.308. The predicted molar refractivity (Wildman–Crippen MR) is 67.2 cm³/mol. The number of fused-ring (bicyclic) bond motifs is 1. The molecule has 84 valence electrons. The van der Waals surface area contributed by atoms with Crippen LogP contribution in [0, 0.1) is 0 Å². The van der Waals surface area contributed by atoms with Crippen LogP contribution in [-0.4, -0.2) is 19.0 Å². The van der Waals surface area contributed by atoms with Crippen molar-refractivity contribution in [2.24, 2.45) is 0 Å². The number of hydrogen-bond acceptors (Lipinski definition) is 3. The number of benzene rings is 1. The van der Waals surface area contributed by atoms with Crippen molar-refractivity contribution in [3.05, 3.63) is 35.2 Å². The monoisotopic (exact) mass is 234 g/mol. The maximum absolute atomic E-state index is 12.2. The summed E-state index contributed by atoms with van der Waals surface area (Å²) >= 11 is 1.60. The molecule has 0 aliphatic rings. The summed E-state index contributed by atoms with van der Waals surface area (Å²) in [5, 5.41) is 3.14. The molecule has 0 aliphatic carbocycles. The summed E-state index contributed by atoms with van der Waals surface area (Å²) in [7, 11) is 1.58. The van der Waals surface area contributed by atoms with Gasteiger partial charge < -0.3 is 4.74 Å². The Morgan fingerprint density at radius 3 is 2.94 bits per heavy atom. The van der Waals surface area contributed by atoms with Crippen LogP contribution >= 0.6 is 11.3 Å². The molecule has 16 heavy (non-hydrogen) atoms. The van der Waals surface area contributed by atoms with Gasteiger partial charge in [-0.15, -0.1) is 11.3 Å². The molecular weight excluding hydrogens is 220 g/mol. The topological polar surface area (TPSA) is 26.3 Å². The lowest BCUT2D eigenvalue weighted by atomic mass is 10.0. The van der Waals surface area contributed by atoms with Crippen LogP contribution in [0.5, 0.6) is 0 Å². The van der Waals surface area contributed by atoms with Crippen molar-refractivity contribution in [1.82, 2.24) is 0 Å². The molecule has 1 aromatic carbocycles. The van der Waals surface area contributed by atoms with E-state index in [1.807, 2.05) is 36.6 Å². The van der Waals surface area contributed by atoms with Gasteiger partial charge in [0, 0.05) is 17.4 Å². The summed E-state index contributed by atoms with van der Waals surface area (Å²) in [6.07, 6.45) is 0.379. The Kier molecular flexibility index (Phi) is 3.36. The molecule has 2 aromatic rings. The normalized spacial score (nSPS) is 12.9. The fourth-order valence-corrected chi connectivity index (χ4v) is 2.74. The summed E-state index contributed by atoms with van der Waals surface area (Å²) in [4.78, 5) is 12.2. The minimum Gasteiger partial charge on any atom is -0.373 e. The first-order valence-electron chi connectivity index (χ1n) is 5.31. The number of ether oxygens (including phenoxy) is 1. The van der Waals surface area contributed by atoms with Crippen LogP contribution < -0.4 is 0 Å². The molecule has 0 radical (unpaired) electrons. The first-order valence-corrected chi connectivity index (χ1v) is 6.19. The molecule has 0 fully saturated rings. The van der Waals surface area contributed by atoms with E-state index in [1.165, 1.54) is 0 Å². The third-order valence-corrected chi connectivity index (χ3v) is 3.66. The minimum atomic E-state index is -0.326. The Hall–Kier alpha value is -1.19. The fourth-order valence-electron chi connectivity index (χ4n) is 1.82. The predicted octanol–water partition coefficient (Wildman–Crippen LogP) is 3.51. The lowest BCUT2D eigenvalue weighted by Gasteiger charge is -2.12. The van der Waals surface area contributed by atoms with Crippen LogP contribution in [-0.2, 0) is 4.74 Å². The lowest BCUT2D eigenvalue weighted by molar-refractivity contribution is 0.0597. The largest absolute Gasteiger partial charge is 0.373 e. The van der Waals surface area contributed by atoms with E-state index in [0.29, 0.717) is 6.42 Å². The second-order valence-corrected chi connectivity index (χ2v) is 4.56. The van der Waals surface area contributed by atoms with Crippen LogP contribution in [0.4, 0.5) is 0 Å². The Morgan fingerprint density at radius 2 is 2.25 bits per heavy atom. The van der Waals surface area contributed by atoms with E-state index in [9.17, 15) is 4.79 Å². The lowest BCUT2D eigenvalue weighted by Crippen LogP contribution is -2.22. The molecule has 1 aromatic heterocycles. The van der Waals surface area contributed by atoms with Crippen molar-refractivity contribution >= 4 is 27.2 Å². The van der Waals surface area contributed by atoms with Crippen molar-refractivity contribution in [2.45, 2.75) is 19.4 Å². The zero-order valence-electron chi connectivity index (χ0n) is 9.40. The number of ketones is 1. The van der Waals surface area contributed by atoms with E-state index in [-0.39, 0.29) is 11.9 Å². The van der Waals surface area contributed by atoms with Gasteiger partial charge in [-0.25, -0.2) is 0 Å². The number of rotatable bonds is 4. The molecule has 1 unspecified atom stereocenters. The molecular formula is C13H14O2S. The highest BCUT2D eigenvalue weighted by molar-refractivity contribution is 7.17. The first-order chi connectivity index (χ1) is 7.77. The number of carbonyl (C=O) groups is 1. The number of hydrogen-bond donors (Lipinski definition) is 0. The quantitative estimate of drug-likeness (QED) is 0.757. The van der Waals surface area contributed by atoms with Crippen LogP contribution in [0.25, 0.3) is 10.1 Å².